The van der Waals surface area contributed by atoms with Gasteiger partial charge in [0.05, 0.1) is 6.42 Å². The number of nitrogens with zero attached hydrogens (tertiary/aromatic N) is 1. The zero-order valence-electron chi connectivity index (χ0n) is 12.6. The van der Waals surface area contributed by atoms with E-state index < -0.39 is 11.6 Å². The molecular weight excluding hydrogens is 362 g/mol. The summed E-state index contributed by atoms with van der Waals surface area (Å²) >= 11 is 3.33. The van der Waals surface area contributed by atoms with Gasteiger partial charge in [0.1, 0.15) is 5.54 Å². The second-order valence-corrected chi connectivity index (χ2v) is 6.97. The fourth-order valence-electron chi connectivity index (χ4n) is 3.17. The normalized spacial score (nSPS) is 19.8. The molecule has 23 heavy (non-hydrogen) atoms. The maximum Gasteiger partial charge on any atom is 0.344 e. The van der Waals surface area contributed by atoms with E-state index in [1.807, 2.05) is 24.3 Å². The van der Waals surface area contributed by atoms with Crippen LogP contribution in [-0.4, -0.2) is 28.4 Å². The van der Waals surface area contributed by atoms with Crippen molar-refractivity contribution in [3.63, 3.8) is 0 Å². The molecular formula is C16H18BrN3O3. The van der Waals surface area contributed by atoms with Gasteiger partial charge in [-0.2, -0.15) is 5.01 Å². The third-order valence-corrected chi connectivity index (χ3v) is 4.91. The van der Waals surface area contributed by atoms with E-state index in [-0.39, 0.29) is 18.2 Å². The summed E-state index contributed by atoms with van der Waals surface area (Å²) in [4.78, 5) is 36.7. The molecule has 122 valence electrons. The van der Waals surface area contributed by atoms with Crippen LogP contribution in [0.1, 0.15) is 37.7 Å². The lowest BCUT2D eigenvalue weighted by Gasteiger charge is -2.30. The number of urea groups is 1. The smallest absolute Gasteiger partial charge is 0.322 e. The highest BCUT2D eigenvalue weighted by Crippen LogP contribution is 2.32. The highest BCUT2D eigenvalue weighted by molar-refractivity contribution is 9.10. The van der Waals surface area contributed by atoms with Crippen LogP contribution in [0.15, 0.2) is 28.7 Å². The zero-order chi connectivity index (χ0) is 16.4. The van der Waals surface area contributed by atoms with Gasteiger partial charge in [0.2, 0.25) is 5.91 Å². The lowest BCUT2D eigenvalue weighted by Crippen LogP contribution is -2.51. The Morgan fingerprint density at radius 1 is 1.17 bits per heavy atom. The number of amides is 4. The van der Waals surface area contributed by atoms with E-state index in [2.05, 4.69) is 26.7 Å². The molecule has 0 aromatic heterocycles. The van der Waals surface area contributed by atoms with Gasteiger partial charge in [-0.1, -0.05) is 47.3 Å². The van der Waals surface area contributed by atoms with Crippen LogP contribution in [0, 0.1) is 0 Å². The molecule has 0 atom stereocenters. The van der Waals surface area contributed by atoms with Gasteiger partial charge in [-0.15, -0.1) is 0 Å². The summed E-state index contributed by atoms with van der Waals surface area (Å²) in [6, 6.07) is 6.78. The number of benzene rings is 1. The van der Waals surface area contributed by atoms with Gasteiger partial charge in [-0.05, 0) is 30.5 Å². The predicted molar refractivity (Wildman–Crippen MR) is 87.2 cm³/mol. The molecule has 1 spiro atoms. The summed E-state index contributed by atoms with van der Waals surface area (Å²) in [7, 11) is 0. The molecule has 1 aliphatic carbocycles. The molecule has 1 heterocycles. The maximum absolute atomic E-state index is 12.5. The van der Waals surface area contributed by atoms with E-state index in [1.54, 1.807) is 0 Å². The van der Waals surface area contributed by atoms with Crippen LogP contribution in [0.4, 0.5) is 4.79 Å². The number of carbonyl (C=O) groups is 3. The lowest BCUT2D eigenvalue weighted by atomic mass is 9.82. The lowest BCUT2D eigenvalue weighted by molar-refractivity contribution is -0.139. The average molecular weight is 380 g/mol. The fraction of sp³-hybridized carbons (Fsp3) is 0.438. The SMILES string of the molecule is O=C(Cc1ccc(Br)cc1)NN1C(=O)NC2(CCCCC2)C1=O. The molecule has 2 fully saturated rings. The minimum atomic E-state index is -0.819. The van der Waals surface area contributed by atoms with E-state index in [0.29, 0.717) is 12.8 Å². The highest BCUT2D eigenvalue weighted by Gasteiger charge is 2.52. The first kappa shape index (κ1) is 16.0. The van der Waals surface area contributed by atoms with Crippen LogP contribution in [0.2, 0.25) is 0 Å². The molecule has 1 aromatic rings. The average Bonchev–Trinajstić information content (AvgIpc) is 2.75. The predicted octanol–water partition coefficient (Wildman–Crippen LogP) is 2.28. The van der Waals surface area contributed by atoms with Crippen LogP contribution >= 0.6 is 15.9 Å². The van der Waals surface area contributed by atoms with Gasteiger partial charge in [0.25, 0.3) is 5.91 Å². The van der Waals surface area contributed by atoms with Gasteiger partial charge in [0, 0.05) is 4.47 Å². The third kappa shape index (κ3) is 3.24. The topological polar surface area (TPSA) is 78.5 Å². The summed E-state index contributed by atoms with van der Waals surface area (Å²) in [5.41, 5.74) is 2.43. The fourth-order valence-corrected chi connectivity index (χ4v) is 3.43. The van der Waals surface area contributed by atoms with E-state index in [4.69, 9.17) is 0 Å². The summed E-state index contributed by atoms with van der Waals surface area (Å²) in [5, 5.41) is 3.60. The Kier molecular flexibility index (Phi) is 4.39. The largest absolute Gasteiger partial charge is 0.344 e. The van der Waals surface area contributed by atoms with E-state index in [1.165, 1.54) is 0 Å². The number of halogens is 1. The Hall–Kier alpha value is -1.89. The Balaban J connectivity index is 1.65. The van der Waals surface area contributed by atoms with Gasteiger partial charge in [0.15, 0.2) is 0 Å². The van der Waals surface area contributed by atoms with Crippen molar-refractivity contribution in [2.75, 3.05) is 0 Å². The Morgan fingerprint density at radius 2 is 1.83 bits per heavy atom. The third-order valence-electron chi connectivity index (χ3n) is 4.38. The second-order valence-electron chi connectivity index (χ2n) is 6.05. The number of carbonyl (C=O) groups excluding carboxylic acids is 3. The van der Waals surface area contributed by atoms with Crippen molar-refractivity contribution in [2.24, 2.45) is 0 Å². The van der Waals surface area contributed by atoms with Gasteiger partial charge in [-0.25, -0.2) is 4.79 Å². The standard InChI is InChI=1S/C16H18BrN3O3/c17-12-6-4-11(5-7-12)10-13(21)19-20-14(22)16(18-15(20)23)8-2-1-3-9-16/h4-7H,1-3,8-10H2,(H,18,23)(H,19,21). The van der Waals surface area contributed by atoms with Gasteiger partial charge in [-0.3, -0.25) is 15.0 Å². The Morgan fingerprint density at radius 3 is 2.48 bits per heavy atom. The van der Waals surface area contributed by atoms with E-state index in [9.17, 15) is 14.4 Å². The van der Waals surface area contributed by atoms with Crippen molar-refractivity contribution >= 4 is 33.8 Å². The van der Waals surface area contributed by atoms with E-state index in [0.717, 1.165) is 34.3 Å². The quantitative estimate of drug-likeness (QED) is 0.790. The zero-order valence-corrected chi connectivity index (χ0v) is 14.2. The molecule has 0 unspecified atom stereocenters. The number of nitrogens with one attached hydrogen (secondary N) is 2. The molecule has 2 aliphatic rings. The first-order valence-corrected chi connectivity index (χ1v) is 8.50. The number of imide groups is 1. The van der Waals surface area contributed by atoms with Crippen molar-refractivity contribution in [2.45, 2.75) is 44.1 Å². The van der Waals surface area contributed by atoms with Crippen molar-refractivity contribution in [1.29, 1.82) is 0 Å². The molecule has 1 aromatic carbocycles. The molecule has 0 radical (unpaired) electrons. The molecule has 1 saturated carbocycles. The summed E-state index contributed by atoms with van der Waals surface area (Å²) in [6.45, 7) is 0. The molecule has 4 amide bonds. The number of hydrogen-bond donors (Lipinski definition) is 2. The molecule has 7 heteroatoms. The van der Waals surface area contributed by atoms with Crippen LogP contribution in [0.3, 0.4) is 0 Å². The van der Waals surface area contributed by atoms with Crippen molar-refractivity contribution in [1.82, 2.24) is 15.8 Å². The molecule has 2 N–H and O–H groups in total. The number of hydrogen-bond acceptors (Lipinski definition) is 3. The van der Waals surface area contributed by atoms with Crippen molar-refractivity contribution in [3.8, 4) is 0 Å². The first-order valence-electron chi connectivity index (χ1n) is 7.71. The maximum atomic E-state index is 12.5. The number of rotatable bonds is 3. The van der Waals surface area contributed by atoms with Gasteiger partial charge >= 0.3 is 6.03 Å². The number of hydrazine groups is 1. The molecule has 3 rings (SSSR count). The van der Waals surface area contributed by atoms with Crippen molar-refractivity contribution in [3.05, 3.63) is 34.3 Å². The monoisotopic (exact) mass is 379 g/mol. The molecule has 6 nitrogen and oxygen atoms in total. The van der Waals surface area contributed by atoms with Crippen LogP contribution in [-0.2, 0) is 16.0 Å². The first-order chi connectivity index (χ1) is 11.0. The van der Waals surface area contributed by atoms with E-state index >= 15 is 0 Å². The molecule has 1 saturated heterocycles. The Labute approximate surface area is 142 Å². The summed E-state index contributed by atoms with van der Waals surface area (Å²) < 4.78 is 0.926. The minimum Gasteiger partial charge on any atom is -0.322 e. The summed E-state index contributed by atoms with van der Waals surface area (Å²) in [6.07, 6.45) is 4.27. The molecule has 1 aliphatic heterocycles. The highest BCUT2D eigenvalue weighted by atomic mass is 79.9. The minimum absolute atomic E-state index is 0.108. The van der Waals surface area contributed by atoms with Crippen LogP contribution in [0.25, 0.3) is 0 Å². The second kappa shape index (κ2) is 6.31. The van der Waals surface area contributed by atoms with Crippen LogP contribution < -0.4 is 10.7 Å². The van der Waals surface area contributed by atoms with Crippen molar-refractivity contribution < 1.29 is 14.4 Å². The van der Waals surface area contributed by atoms with Crippen LogP contribution in [0.5, 0.6) is 0 Å². The Bertz CT molecular complexity index is 638. The molecule has 0 bridgehead atoms. The summed E-state index contributed by atoms with van der Waals surface area (Å²) in [5.74, 6) is -0.727. The van der Waals surface area contributed by atoms with Gasteiger partial charge < -0.3 is 5.32 Å².